The summed E-state index contributed by atoms with van der Waals surface area (Å²) >= 11 is 0. The zero-order valence-electron chi connectivity index (χ0n) is 20.1. The Morgan fingerprint density at radius 3 is 2.31 bits per heavy atom. The van der Waals surface area contributed by atoms with Crippen LogP contribution in [0.15, 0.2) is 35.3 Å². The maximum Gasteiger partial charge on any atom is 0.343 e. The van der Waals surface area contributed by atoms with E-state index in [0.717, 1.165) is 29.8 Å². The molecule has 1 unspecified atom stereocenters. The molecule has 0 saturated carbocycles. The smallest absolute Gasteiger partial charge is 0.343 e. The van der Waals surface area contributed by atoms with Gasteiger partial charge < -0.3 is 9.47 Å². The quantitative estimate of drug-likeness (QED) is 0.369. The number of ketones is 1. The van der Waals surface area contributed by atoms with Gasteiger partial charge in [0, 0.05) is 12.3 Å². The third kappa shape index (κ3) is 5.29. The van der Waals surface area contributed by atoms with Gasteiger partial charge in [-0.3, -0.25) is 19.0 Å². The standard InChI is InChI=1S/C25H23F3N2O6/c1-6-35-23(33)15-11-30(18-8-7-13(26)9-16(18)27)22-14(21(15)32)10-17(28)20(29-22)19(12(2)31)24(34)36-25(3,4)5/h7-11,19H,6H2,1-5H3. The molecule has 0 N–H and O–H groups in total. The maximum absolute atomic E-state index is 15.2. The minimum atomic E-state index is -1.79. The van der Waals surface area contributed by atoms with Crippen molar-refractivity contribution in [3.63, 3.8) is 0 Å². The van der Waals surface area contributed by atoms with Crippen molar-refractivity contribution in [2.75, 3.05) is 6.61 Å². The normalized spacial score (nSPS) is 12.3. The van der Waals surface area contributed by atoms with Gasteiger partial charge in [-0.1, -0.05) is 0 Å². The number of fused-ring (bicyclic) bond motifs is 1. The van der Waals surface area contributed by atoms with Gasteiger partial charge in [0.05, 0.1) is 17.7 Å². The summed E-state index contributed by atoms with van der Waals surface area (Å²) < 4.78 is 54.6. The van der Waals surface area contributed by atoms with E-state index in [9.17, 15) is 28.0 Å². The number of hydrogen-bond acceptors (Lipinski definition) is 7. The van der Waals surface area contributed by atoms with Gasteiger partial charge in [-0.05, 0) is 52.8 Å². The maximum atomic E-state index is 15.2. The molecule has 0 aliphatic heterocycles. The number of Topliss-reactive ketones (excluding diaryl/α,β-unsaturated/α-hetero) is 1. The van der Waals surface area contributed by atoms with E-state index < -0.39 is 68.8 Å². The molecular weight excluding hydrogens is 481 g/mol. The van der Waals surface area contributed by atoms with E-state index in [1.807, 2.05) is 0 Å². The third-order valence-corrected chi connectivity index (χ3v) is 4.95. The first-order chi connectivity index (χ1) is 16.7. The van der Waals surface area contributed by atoms with Crippen molar-refractivity contribution in [2.45, 2.75) is 46.1 Å². The predicted molar refractivity (Wildman–Crippen MR) is 122 cm³/mol. The highest BCUT2D eigenvalue weighted by molar-refractivity contribution is 6.03. The van der Waals surface area contributed by atoms with Crippen LogP contribution in [0.4, 0.5) is 13.2 Å². The first kappa shape index (κ1) is 26.6. The van der Waals surface area contributed by atoms with Gasteiger partial charge in [-0.25, -0.2) is 22.9 Å². The zero-order chi connectivity index (χ0) is 26.9. The second kappa shape index (κ2) is 9.92. The number of aromatic nitrogens is 2. The second-order valence-corrected chi connectivity index (χ2v) is 8.86. The number of rotatable bonds is 6. The van der Waals surface area contributed by atoms with Crippen molar-refractivity contribution in [2.24, 2.45) is 0 Å². The molecule has 0 aliphatic carbocycles. The van der Waals surface area contributed by atoms with Crippen LogP contribution in [0, 0.1) is 17.5 Å². The summed E-state index contributed by atoms with van der Waals surface area (Å²) in [4.78, 5) is 54.6. The summed E-state index contributed by atoms with van der Waals surface area (Å²) in [5, 5.41) is -0.461. The van der Waals surface area contributed by atoms with Gasteiger partial charge in [0.25, 0.3) is 0 Å². The fourth-order valence-corrected chi connectivity index (χ4v) is 3.49. The van der Waals surface area contributed by atoms with Crippen LogP contribution < -0.4 is 5.43 Å². The average Bonchev–Trinajstić information content (AvgIpc) is 2.74. The minimum absolute atomic E-state index is 0.0804. The highest BCUT2D eigenvalue weighted by Gasteiger charge is 2.35. The number of pyridine rings is 2. The molecule has 3 aromatic rings. The van der Waals surface area contributed by atoms with E-state index in [1.54, 1.807) is 20.8 Å². The van der Waals surface area contributed by atoms with Crippen LogP contribution in [0.5, 0.6) is 0 Å². The number of halogens is 3. The van der Waals surface area contributed by atoms with Crippen LogP contribution in [0.25, 0.3) is 16.7 Å². The van der Waals surface area contributed by atoms with Gasteiger partial charge in [-0.15, -0.1) is 0 Å². The van der Waals surface area contributed by atoms with Crippen LogP contribution in [-0.4, -0.2) is 39.5 Å². The Hall–Kier alpha value is -4.02. The molecule has 2 heterocycles. The molecule has 0 saturated heterocycles. The number of nitrogens with zero attached hydrogens (tertiary/aromatic N) is 2. The number of carbonyl (C=O) groups is 3. The van der Waals surface area contributed by atoms with Gasteiger partial charge >= 0.3 is 11.9 Å². The van der Waals surface area contributed by atoms with Crippen molar-refractivity contribution < 1.29 is 37.0 Å². The largest absolute Gasteiger partial charge is 0.462 e. The lowest BCUT2D eigenvalue weighted by atomic mass is 9.98. The number of esters is 2. The van der Waals surface area contributed by atoms with E-state index in [2.05, 4.69) is 4.98 Å². The second-order valence-electron chi connectivity index (χ2n) is 8.86. The topological polar surface area (TPSA) is 105 Å². The Morgan fingerprint density at radius 2 is 1.75 bits per heavy atom. The van der Waals surface area contributed by atoms with Gasteiger partial charge in [-0.2, -0.15) is 0 Å². The van der Waals surface area contributed by atoms with Crippen LogP contribution in [0.2, 0.25) is 0 Å². The van der Waals surface area contributed by atoms with Gasteiger partial charge in [0.2, 0.25) is 5.43 Å². The summed E-state index contributed by atoms with van der Waals surface area (Å²) in [6, 6.07) is 3.20. The van der Waals surface area contributed by atoms with Crippen LogP contribution in [0.1, 0.15) is 56.6 Å². The lowest BCUT2D eigenvalue weighted by Gasteiger charge is -2.23. The molecule has 3 rings (SSSR count). The molecule has 0 amide bonds. The van der Waals surface area contributed by atoms with Crippen LogP contribution in [-0.2, 0) is 19.1 Å². The molecule has 0 radical (unpaired) electrons. The summed E-state index contributed by atoms with van der Waals surface area (Å²) in [5.41, 5.74) is -3.93. The van der Waals surface area contributed by atoms with Crippen molar-refractivity contribution >= 4 is 28.8 Å². The summed E-state index contributed by atoms with van der Waals surface area (Å²) in [6.07, 6.45) is 0.921. The molecule has 11 heteroatoms. The van der Waals surface area contributed by atoms with Crippen molar-refractivity contribution in [3.8, 4) is 5.69 Å². The Kier molecular flexibility index (Phi) is 7.33. The van der Waals surface area contributed by atoms with Crippen molar-refractivity contribution in [1.29, 1.82) is 0 Å². The molecule has 0 fully saturated rings. The summed E-state index contributed by atoms with van der Waals surface area (Å²) in [7, 11) is 0. The van der Waals surface area contributed by atoms with E-state index >= 15 is 4.39 Å². The Labute approximate surface area is 203 Å². The molecular formula is C25H23F3N2O6. The molecule has 36 heavy (non-hydrogen) atoms. The van der Waals surface area contributed by atoms with Gasteiger partial charge in [0.1, 0.15) is 45.7 Å². The average molecular weight is 504 g/mol. The third-order valence-electron chi connectivity index (χ3n) is 4.95. The fourth-order valence-electron chi connectivity index (χ4n) is 3.49. The molecule has 0 aliphatic rings. The molecule has 1 atom stereocenters. The molecule has 0 spiro atoms. The van der Waals surface area contributed by atoms with E-state index in [4.69, 9.17) is 9.47 Å². The highest BCUT2D eigenvalue weighted by Crippen LogP contribution is 2.27. The number of hydrogen-bond donors (Lipinski definition) is 0. The van der Waals surface area contributed by atoms with E-state index in [1.165, 1.54) is 6.92 Å². The Balaban J connectivity index is 2.40. The lowest BCUT2D eigenvalue weighted by molar-refractivity contribution is -0.158. The van der Waals surface area contributed by atoms with Crippen molar-refractivity contribution in [1.82, 2.24) is 9.55 Å². The fraction of sp³-hybridized carbons (Fsp3) is 0.320. The zero-order valence-corrected chi connectivity index (χ0v) is 20.1. The molecule has 2 aromatic heterocycles. The lowest BCUT2D eigenvalue weighted by Crippen LogP contribution is -2.32. The minimum Gasteiger partial charge on any atom is -0.462 e. The highest BCUT2D eigenvalue weighted by atomic mass is 19.1. The van der Waals surface area contributed by atoms with Gasteiger partial charge in [0.15, 0.2) is 5.92 Å². The number of benzene rings is 1. The Morgan fingerprint density at radius 1 is 1.08 bits per heavy atom. The van der Waals surface area contributed by atoms with Crippen LogP contribution in [0.3, 0.4) is 0 Å². The summed E-state index contributed by atoms with van der Waals surface area (Å²) in [6.45, 7) is 7.12. The van der Waals surface area contributed by atoms with E-state index in [0.29, 0.717) is 12.1 Å². The molecule has 8 nitrogen and oxygen atoms in total. The Bertz CT molecular complexity index is 1440. The predicted octanol–water partition coefficient (Wildman–Crippen LogP) is 3.99. The SMILES string of the molecule is CCOC(=O)c1cn(-c2ccc(F)cc2F)c2nc(C(C(C)=O)C(=O)OC(C)(C)C)c(F)cc2c1=O. The van der Waals surface area contributed by atoms with E-state index in [-0.39, 0.29) is 17.9 Å². The monoisotopic (exact) mass is 504 g/mol. The van der Waals surface area contributed by atoms with Crippen molar-refractivity contribution in [3.05, 3.63) is 69.4 Å². The summed E-state index contributed by atoms with van der Waals surface area (Å²) in [5.74, 6) is -7.89. The molecule has 0 bridgehead atoms. The first-order valence-electron chi connectivity index (χ1n) is 10.9. The molecule has 190 valence electrons. The molecule has 1 aromatic carbocycles. The van der Waals surface area contributed by atoms with Crippen LogP contribution >= 0.6 is 0 Å². The first-order valence-corrected chi connectivity index (χ1v) is 10.9. The number of carbonyl (C=O) groups excluding carboxylic acids is 3. The number of ether oxygens (including phenoxy) is 2.